The minimum Gasteiger partial charge on any atom is -0.497 e. The fourth-order valence-corrected chi connectivity index (χ4v) is 2.98. The van der Waals surface area contributed by atoms with Crippen molar-refractivity contribution in [3.8, 4) is 17.0 Å². The summed E-state index contributed by atoms with van der Waals surface area (Å²) in [6.07, 6.45) is -7.47. The first-order chi connectivity index (χ1) is 12.6. The molecule has 0 N–H and O–H groups in total. The van der Waals surface area contributed by atoms with Gasteiger partial charge in [0.1, 0.15) is 22.4 Å². The molecule has 1 atom stereocenters. The molecule has 0 aliphatic carbocycles. The monoisotopic (exact) mass is 411 g/mol. The molecule has 1 aromatic heterocycles. The van der Waals surface area contributed by atoms with Gasteiger partial charge in [0.2, 0.25) is 0 Å². The maximum atomic E-state index is 14.6. The van der Waals surface area contributed by atoms with Crippen molar-refractivity contribution in [1.29, 1.82) is 0 Å². The molecule has 0 bridgehead atoms. The molecule has 2 aromatic rings. The number of hydrogen-bond acceptors (Lipinski definition) is 3. The third-order valence-electron chi connectivity index (χ3n) is 3.89. The summed E-state index contributed by atoms with van der Waals surface area (Å²) in [5, 5.41) is -0.531. The Labute approximate surface area is 156 Å². The molecule has 0 spiro atoms. The average molecular weight is 412 g/mol. The Balaban J connectivity index is 2.99. The third-order valence-corrected chi connectivity index (χ3v) is 4.17. The number of nitrogens with zero attached hydrogens (tertiary/aromatic N) is 1. The number of halogens is 6. The molecule has 0 saturated heterocycles. The first-order valence-corrected chi connectivity index (χ1v) is 8.00. The van der Waals surface area contributed by atoms with E-state index in [4.69, 9.17) is 16.3 Å². The molecular weight excluding hydrogens is 397 g/mol. The largest absolute Gasteiger partial charge is 0.497 e. The second-order valence-corrected chi connectivity index (χ2v) is 5.88. The minimum absolute atomic E-state index is 0.172. The molecule has 27 heavy (non-hydrogen) atoms. The van der Waals surface area contributed by atoms with Crippen molar-refractivity contribution in [2.24, 2.45) is 0 Å². The predicted octanol–water partition coefficient (Wildman–Crippen LogP) is 4.73. The summed E-state index contributed by atoms with van der Waals surface area (Å²) in [4.78, 5) is 12.3. The summed E-state index contributed by atoms with van der Waals surface area (Å²) in [5.74, 6) is -2.57. The van der Waals surface area contributed by atoms with Crippen molar-refractivity contribution in [2.75, 3.05) is 14.2 Å². The van der Waals surface area contributed by atoms with Crippen molar-refractivity contribution >= 4 is 11.6 Å². The molecule has 0 aliphatic rings. The van der Waals surface area contributed by atoms with Crippen molar-refractivity contribution in [1.82, 2.24) is 4.57 Å². The number of pyridine rings is 1. The molecule has 0 amide bonds. The van der Waals surface area contributed by atoms with Crippen LogP contribution in [0.15, 0.2) is 23.0 Å². The summed E-state index contributed by atoms with van der Waals surface area (Å²) in [5.41, 5.74) is -2.98. The van der Waals surface area contributed by atoms with Gasteiger partial charge in [0.15, 0.2) is 6.10 Å². The van der Waals surface area contributed by atoms with Crippen molar-refractivity contribution < 1.29 is 31.4 Å². The van der Waals surface area contributed by atoms with E-state index in [1.165, 1.54) is 14.0 Å². The number of methoxy groups -OCH3 is 2. The lowest BCUT2D eigenvalue weighted by atomic mass is 9.99. The highest BCUT2D eigenvalue weighted by Gasteiger charge is 2.44. The number of alkyl halides is 3. The van der Waals surface area contributed by atoms with Gasteiger partial charge >= 0.3 is 6.18 Å². The van der Waals surface area contributed by atoms with Gasteiger partial charge in [-0.1, -0.05) is 11.6 Å². The van der Waals surface area contributed by atoms with Crippen LogP contribution in [-0.4, -0.2) is 25.0 Å². The van der Waals surface area contributed by atoms with E-state index in [1.807, 2.05) is 0 Å². The van der Waals surface area contributed by atoms with Gasteiger partial charge in [0, 0.05) is 31.4 Å². The Bertz CT molecular complexity index is 888. The molecule has 0 radical (unpaired) electrons. The highest BCUT2D eigenvalue weighted by Crippen LogP contribution is 2.42. The van der Waals surface area contributed by atoms with E-state index in [2.05, 4.69) is 4.74 Å². The lowest BCUT2D eigenvalue weighted by Crippen LogP contribution is -2.29. The number of rotatable bonds is 5. The van der Waals surface area contributed by atoms with Crippen LogP contribution in [0.25, 0.3) is 11.3 Å². The van der Waals surface area contributed by atoms with Crippen LogP contribution in [0, 0.1) is 11.6 Å². The van der Waals surface area contributed by atoms with Gasteiger partial charge in [-0.3, -0.25) is 4.79 Å². The lowest BCUT2D eigenvalue weighted by molar-refractivity contribution is -0.215. The topological polar surface area (TPSA) is 40.5 Å². The summed E-state index contributed by atoms with van der Waals surface area (Å²) in [6, 6.07) is 2.32. The van der Waals surface area contributed by atoms with Gasteiger partial charge in [-0.25, -0.2) is 8.78 Å². The van der Waals surface area contributed by atoms with E-state index < -0.39 is 51.3 Å². The van der Waals surface area contributed by atoms with E-state index in [1.54, 1.807) is 0 Å². The molecule has 0 saturated carbocycles. The van der Waals surface area contributed by atoms with Crippen LogP contribution in [0.3, 0.4) is 0 Å². The van der Waals surface area contributed by atoms with Crippen LogP contribution >= 0.6 is 11.6 Å². The molecule has 10 heteroatoms. The zero-order chi connectivity index (χ0) is 20.5. The van der Waals surface area contributed by atoms with Crippen molar-refractivity contribution in [3.05, 3.63) is 50.8 Å². The average Bonchev–Trinajstić information content (AvgIpc) is 2.57. The Kier molecular flexibility index (Phi) is 6.16. The summed E-state index contributed by atoms with van der Waals surface area (Å²) in [6.45, 7) is 1.25. The van der Waals surface area contributed by atoms with Crippen LogP contribution < -0.4 is 10.3 Å². The van der Waals surface area contributed by atoms with E-state index >= 15 is 0 Å². The van der Waals surface area contributed by atoms with Crippen molar-refractivity contribution in [2.45, 2.75) is 25.7 Å². The smallest absolute Gasteiger partial charge is 0.418 e. The highest BCUT2D eigenvalue weighted by atomic mass is 35.5. The maximum absolute atomic E-state index is 14.6. The molecule has 1 unspecified atom stereocenters. The fourth-order valence-electron chi connectivity index (χ4n) is 2.76. The van der Waals surface area contributed by atoms with E-state index in [9.17, 15) is 26.7 Å². The van der Waals surface area contributed by atoms with Crippen LogP contribution in [0.1, 0.15) is 18.6 Å². The molecule has 148 valence electrons. The SMILES string of the molecule is CCn1c(-c2c(F)cc(OC)cc2F)c(C(OC)C(F)(F)F)cc(Cl)c1=O. The van der Waals surface area contributed by atoms with Gasteiger partial charge < -0.3 is 14.0 Å². The molecule has 1 aromatic carbocycles. The van der Waals surface area contributed by atoms with Gasteiger partial charge in [-0.05, 0) is 13.0 Å². The number of ether oxygens (including phenoxy) is 2. The Hall–Kier alpha value is -2.13. The first-order valence-electron chi connectivity index (χ1n) is 7.62. The molecule has 4 nitrogen and oxygen atoms in total. The number of hydrogen-bond donors (Lipinski definition) is 0. The van der Waals surface area contributed by atoms with Crippen molar-refractivity contribution in [3.63, 3.8) is 0 Å². The second kappa shape index (κ2) is 7.85. The maximum Gasteiger partial charge on any atom is 0.418 e. The van der Waals surface area contributed by atoms with Crippen LogP contribution in [0.4, 0.5) is 22.0 Å². The number of benzene rings is 1. The van der Waals surface area contributed by atoms with Crippen LogP contribution in [0.5, 0.6) is 5.75 Å². The summed E-state index contributed by atoms with van der Waals surface area (Å²) < 4.78 is 79.5. The summed E-state index contributed by atoms with van der Waals surface area (Å²) in [7, 11) is 1.96. The van der Waals surface area contributed by atoms with Gasteiger partial charge in [0.25, 0.3) is 5.56 Å². The Morgan fingerprint density at radius 1 is 1.15 bits per heavy atom. The molecular formula is C17H15ClF5NO3. The standard InChI is InChI=1S/C17H15ClF5NO3/c1-4-24-14(13-11(19)5-8(26-2)6-12(13)20)9(7-10(18)16(24)25)15(27-3)17(21,22)23/h5-7,15H,4H2,1-3H3. The Morgan fingerprint density at radius 3 is 2.11 bits per heavy atom. The first kappa shape index (κ1) is 21.2. The van der Waals surface area contributed by atoms with Crippen LogP contribution in [-0.2, 0) is 11.3 Å². The lowest BCUT2D eigenvalue weighted by Gasteiger charge is -2.25. The van der Waals surface area contributed by atoms with E-state index in [0.717, 1.165) is 29.9 Å². The minimum atomic E-state index is -4.91. The Morgan fingerprint density at radius 2 is 1.70 bits per heavy atom. The van der Waals surface area contributed by atoms with Gasteiger partial charge in [-0.15, -0.1) is 0 Å². The third kappa shape index (κ3) is 3.93. The highest BCUT2D eigenvalue weighted by molar-refractivity contribution is 6.30. The molecule has 2 rings (SSSR count). The van der Waals surface area contributed by atoms with E-state index in [-0.39, 0.29) is 12.3 Å². The number of aromatic nitrogens is 1. The fraction of sp³-hybridized carbons (Fsp3) is 0.353. The molecule has 0 aliphatic heterocycles. The molecule has 0 fully saturated rings. The molecule has 1 heterocycles. The van der Waals surface area contributed by atoms with Gasteiger partial charge in [0.05, 0.1) is 18.4 Å². The predicted molar refractivity (Wildman–Crippen MR) is 89.1 cm³/mol. The zero-order valence-electron chi connectivity index (χ0n) is 14.5. The quantitative estimate of drug-likeness (QED) is 0.668. The van der Waals surface area contributed by atoms with Crippen LogP contribution in [0.2, 0.25) is 5.02 Å². The second-order valence-electron chi connectivity index (χ2n) is 5.47. The van der Waals surface area contributed by atoms with E-state index in [0.29, 0.717) is 0 Å². The van der Waals surface area contributed by atoms with Gasteiger partial charge in [-0.2, -0.15) is 13.2 Å². The normalized spacial score (nSPS) is 12.9. The summed E-state index contributed by atoms with van der Waals surface area (Å²) >= 11 is 5.77. The zero-order valence-corrected chi connectivity index (χ0v) is 15.2.